The van der Waals surface area contributed by atoms with E-state index in [2.05, 4.69) is 4.98 Å². The minimum Gasteiger partial charge on any atom is -0.337 e. The first kappa shape index (κ1) is 11.5. The topological polar surface area (TPSA) is 37.6 Å². The lowest BCUT2D eigenvalue weighted by Crippen LogP contribution is -2.35. The van der Waals surface area contributed by atoms with Crippen molar-refractivity contribution in [3.8, 4) is 0 Å². The van der Waals surface area contributed by atoms with Crippen LogP contribution in [0, 0.1) is 0 Å². The van der Waals surface area contributed by atoms with Crippen molar-refractivity contribution in [2.24, 2.45) is 0 Å². The standard InChI is InChI=1S/C13H14ClN3O/c14-11-5-4-6-12-15-10(9-17(11)12)13(18)16-7-2-1-3-8-16/h4-6,9H,1-3,7-8H2. The number of halogens is 1. The second-order valence-corrected chi connectivity index (χ2v) is 4.94. The minimum atomic E-state index is 0.00877. The Morgan fingerprint density at radius 1 is 1.22 bits per heavy atom. The molecule has 2 aromatic heterocycles. The SMILES string of the molecule is O=C(c1cn2c(Cl)cccc2n1)N1CCCCC1. The highest BCUT2D eigenvalue weighted by molar-refractivity contribution is 6.29. The minimum absolute atomic E-state index is 0.00877. The van der Waals surface area contributed by atoms with E-state index in [4.69, 9.17) is 11.6 Å². The summed E-state index contributed by atoms with van der Waals surface area (Å²) >= 11 is 6.06. The molecule has 0 unspecified atom stereocenters. The molecule has 0 saturated carbocycles. The summed E-state index contributed by atoms with van der Waals surface area (Å²) in [5.74, 6) is 0.00877. The van der Waals surface area contributed by atoms with E-state index in [1.54, 1.807) is 16.7 Å². The van der Waals surface area contributed by atoms with Gasteiger partial charge in [-0.2, -0.15) is 0 Å². The van der Waals surface area contributed by atoms with Gasteiger partial charge >= 0.3 is 0 Å². The van der Waals surface area contributed by atoms with Crippen molar-refractivity contribution < 1.29 is 4.79 Å². The highest BCUT2D eigenvalue weighted by Crippen LogP contribution is 2.16. The molecule has 5 heteroatoms. The van der Waals surface area contributed by atoms with Crippen LogP contribution in [0.5, 0.6) is 0 Å². The third-order valence-electron chi connectivity index (χ3n) is 3.30. The lowest BCUT2D eigenvalue weighted by Gasteiger charge is -2.25. The number of carbonyl (C=O) groups is 1. The molecule has 94 valence electrons. The maximum atomic E-state index is 12.3. The zero-order valence-electron chi connectivity index (χ0n) is 9.97. The summed E-state index contributed by atoms with van der Waals surface area (Å²) in [5, 5.41) is 0.567. The summed E-state index contributed by atoms with van der Waals surface area (Å²) in [4.78, 5) is 18.5. The van der Waals surface area contributed by atoms with Gasteiger partial charge in [-0.1, -0.05) is 17.7 Å². The smallest absolute Gasteiger partial charge is 0.274 e. The van der Waals surface area contributed by atoms with E-state index in [0.29, 0.717) is 16.5 Å². The fourth-order valence-corrected chi connectivity index (χ4v) is 2.55. The van der Waals surface area contributed by atoms with E-state index in [0.717, 1.165) is 25.9 Å². The monoisotopic (exact) mass is 263 g/mol. The number of imidazole rings is 1. The van der Waals surface area contributed by atoms with Gasteiger partial charge in [0.15, 0.2) is 0 Å². The third-order valence-corrected chi connectivity index (χ3v) is 3.61. The first-order valence-corrected chi connectivity index (χ1v) is 6.56. The van der Waals surface area contributed by atoms with E-state index < -0.39 is 0 Å². The average molecular weight is 264 g/mol. The van der Waals surface area contributed by atoms with Crippen LogP contribution in [0.2, 0.25) is 5.15 Å². The van der Waals surface area contributed by atoms with E-state index in [1.165, 1.54) is 6.42 Å². The van der Waals surface area contributed by atoms with Crippen molar-refractivity contribution in [1.82, 2.24) is 14.3 Å². The molecule has 0 aromatic carbocycles. The molecule has 18 heavy (non-hydrogen) atoms. The van der Waals surface area contributed by atoms with Crippen LogP contribution < -0.4 is 0 Å². The molecule has 1 aliphatic rings. The predicted octanol–water partition coefficient (Wildman–Crippen LogP) is 2.61. The molecule has 0 spiro atoms. The van der Waals surface area contributed by atoms with E-state index in [1.807, 2.05) is 17.0 Å². The van der Waals surface area contributed by atoms with Crippen molar-refractivity contribution in [2.45, 2.75) is 19.3 Å². The molecule has 4 nitrogen and oxygen atoms in total. The molecule has 1 saturated heterocycles. The van der Waals surface area contributed by atoms with Gasteiger partial charge < -0.3 is 4.90 Å². The number of carbonyl (C=O) groups excluding carboxylic acids is 1. The number of amides is 1. The summed E-state index contributed by atoms with van der Waals surface area (Å²) < 4.78 is 1.73. The van der Waals surface area contributed by atoms with Crippen LogP contribution in [-0.2, 0) is 0 Å². The van der Waals surface area contributed by atoms with Crippen LogP contribution >= 0.6 is 11.6 Å². The Balaban J connectivity index is 1.94. The second-order valence-electron chi connectivity index (χ2n) is 4.56. The zero-order valence-corrected chi connectivity index (χ0v) is 10.7. The van der Waals surface area contributed by atoms with Gasteiger partial charge in [-0.15, -0.1) is 0 Å². The first-order valence-electron chi connectivity index (χ1n) is 6.18. The molecule has 2 aromatic rings. The van der Waals surface area contributed by atoms with Crippen LogP contribution in [0.4, 0.5) is 0 Å². The Kier molecular flexibility index (Phi) is 2.96. The normalized spacial score (nSPS) is 16.2. The summed E-state index contributed by atoms with van der Waals surface area (Å²) in [6.07, 6.45) is 5.09. The van der Waals surface area contributed by atoms with E-state index in [-0.39, 0.29) is 5.91 Å². The first-order chi connectivity index (χ1) is 8.75. The molecule has 3 heterocycles. The summed E-state index contributed by atoms with van der Waals surface area (Å²) in [6.45, 7) is 1.67. The Bertz CT molecular complexity index is 587. The van der Waals surface area contributed by atoms with Crippen molar-refractivity contribution in [3.05, 3.63) is 35.2 Å². The van der Waals surface area contributed by atoms with Gasteiger partial charge in [-0.3, -0.25) is 9.20 Å². The van der Waals surface area contributed by atoms with Crippen LogP contribution in [-0.4, -0.2) is 33.3 Å². The molecule has 1 aliphatic heterocycles. The average Bonchev–Trinajstić information content (AvgIpc) is 2.84. The number of nitrogens with zero attached hydrogens (tertiary/aromatic N) is 3. The molecule has 0 N–H and O–H groups in total. The van der Waals surface area contributed by atoms with Gasteiger partial charge in [0, 0.05) is 19.3 Å². The van der Waals surface area contributed by atoms with Gasteiger partial charge in [-0.05, 0) is 31.4 Å². The Morgan fingerprint density at radius 3 is 2.72 bits per heavy atom. The lowest BCUT2D eigenvalue weighted by atomic mass is 10.1. The van der Waals surface area contributed by atoms with Crippen LogP contribution in [0.1, 0.15) is 29.8 Å². The lowest BCUT2D eigenvalue weighted by molar-refractivity contribution is 0.0719. The van der Waals surface area contributed by atoms with Crippen molar-refractivity contribution in [1.29, 1.82) is 0 Å². The van der Waals surface area contributed by atoms with Gasteiger partial charge in [0.2, 0.25) is 0 Å². The number of hydrogen-bond acceptors (Lipinski definition) is 2. The van der Waals surface area contributed by atoms with Crippen molar-refractivity contribution >= 4 is 23.2 Å². The molecule has 1 amide bonds. The zero-order chi connectivity index (χ0) is 12.5. The number of fused-ring (bicyclic) bond motifs is 1. The summed E-state index contributed by atoms with van der Waals surface area (Å²) in [7, 11) is 0. The molecular weight excluding hydrogens is 250 g/mol. The Labute approximate surface area is 110 Å². The number of rotatable bonds is 1. The summed E-state index contributed by atoms with van der Waals surface area (Å²) in [5.41, 5.74) is 1.19. The predicted molar refractivity (Wildman–Crippen MR) is 70.0 cm³/mol. The van der Waals surface area contributed by atoms with Crippen LogP contribution in [0.15, 0.2) is 24.4 Å². The van der Waals surface area contributed by atoms with E-state index >= 15 is 0 Å². The maximum Gasteiger partial charge on any atom is 0.274 e. The van der Waals surface area contributed by atoms with Crippen molar-refractivity contribution in [3.63, 3.8) is 0 Å². The Morgan fingerprint density at radius 2 is 2.00 bits per heavy atom. The molecule has 0 bridgehead atoms. The molecule has 0 radical (unpaired) electrons. The highest BCUT2D eigenvalue weighted by Gasteiger charge is 2.20. The second kappa shape index (κ2) is 4.61. The quantitative estimate of drug-likeness (QED) is 0.742. The summed E-state index contributed by atoms with van der Waals surface area (Å²) in [6, 6.07) is 5.46. The van der Waals surface area contributed by atoms with Gasteiger partial charge in [0.05, 0.1) is 0 Å². The van der Waals surface area contributed by atoms with Gasteiger partial charge in [0.1, 0.15) is 16.5 Å². The van der Waals surface area contributed by atoms with Crippen LogP contribution in [0.25, 0.3) is 5.65 Å². The van der Waals surface area contributed by atoms with Crippen molar-refractivity contribution in [2.75, 3.05) is 13.1 Å². The number of hydrogen-bond donors (Lipinski definition) is 0. The number of piperidine rings is 1. The molecule has 0 atom stereocenters. The largest absolute Gasteiger partial charge is 0.337 e. The molecular formula is C13H14ClN3O. The third kappa shape index (κ3) is 1.97. The number of likely N-dealkylation sites (tertiary alicyclic amines) is 1. The molecule has 1 fully saturated rings. The molecule has 0 aliphatic carbocycles. The highest BCUT2D eigenvalue weighted by atomic mass is 35.5. The van der Waals surface area contributed by atoms with E-state index in [9.17, 15) is 4.79 Å². The van der Waals surface area contributed by atoms with Gasteiger partial charge in [0.25, 0.3) is 5.91 Å². The maximum absolute atomic E-state index is 12.3. The fraction of sp³-hybridized carbons (Fsp3) is 0.385. The Hall–Kier alpha value is -1.55. The molecule has 3 rings (SSSR count). The van der Waals surface area contributed by atoms with Gasteiger partial charge in [-0.25, -0.2) is 4.98 Å². The number of pyridine rings is 1. The fourth-order valence-electron chi connectivity index (χ4n) is 2.34. The van der Waals surface area contributed by atoms with Crippen LogP contribution in [0.3, 0.4) is 0 Å². The number of aromatic nitrogens is 2.